The van der Waals surface area contributed by atoms with Crippen molar-refractivity contribution in [3.63, 3.8) is 0 Å². The van der Waals surface area contributed by atoms with Gasteiger partial charge < -0.3 is 5.11 Å². The quantitative estimate of drug-likeness (QED) is 0.812. The van der Waals surface area contributed by atoms with Gasteiger partial charge in [-0.3, -0.25) is 0 Å². The molecule has 4 aliphatic carbocycles. The first-order valence-corrected chi connectivity index (χ1v) is 9.46. The highest BCUT2D eigenvalue weighted by atomic mass is 16.4. The predicted octanol–water partition coefficient (Wildman–Crippen LogP) is 5.20. The van der Waals surface area contributed by atoms with Crippen LogP contribution in [0.2, 0.25) is 0 Å². The average Bonchev–Trinajstić information content (AvgIpc) is 2.51. The van der Waals surface area contributed by atoms with E-state index in [1.807, 2.05) is 12.1 Å². The van der Waals surface area contributed by atoms with Crippen molar-refractivity contribution in [1.29, 1.82) is 0 Å². The SMILES string of the molecule is CCCCc1ccc(C(=O)O)cc1C12CC3CC(CC(C3)C1)C2. The van der Waals surface area contributed by atoms with Crippen LogP contribution in [0.5, 0.6) is 0 Å². The van der Waals surface area contributed by atoms with Gasteiger partial charge in [0, 0.05) is 0 Å². The van der Waals surface area contributed by atoms with Crippen LogP contribution < -0.4 is 0 Å². The highest BCUT2D eigenvalue weighted by molar-refractivity contribution is 5.88. The van der Waals surface area contributed by atoms with E-state index in [4.69, 9.17) is 0 Å². The van der Waals surface area contributed by atoms with Crippen LogP contribution in [0.1, 0.15) is 79.8 Å². The summed E-state index contributed by atoms with van der Waals surface area (Å²) in [5.74, 6) is 1.91. The molecule has 0 aliphatic heterocycles. The van der Waals surface area contributed by atoms with Crippen molar-refractivity contribution in [1.82, 2.24) is 0 Å². The number of unbranched alkanes of at least 4 members (excludes halogenated alkanes) is 1. The zero-order valence-electron chi connectivity index (χ0n) is 14.2. The Morgan fingerprint density at radius 1 is 1.13 bits per heavy atom. The number of carboxylic acids is 1. The molecule has 4 aliphatic rings. The van der Waals surface area contributed by atoms with Gasteiger partial charge in [-0.1, -0.05) is 19.4 Å². The van der Waals surface area contributed by atoms with Gasteiger partial charge in [-0.15, -0.1) is 0 Å². The average molecular weight is 312 g/mol. The lowest BCUT2D eigenvalue weighted by Crippen LogP contribution is -2.49. The van der Waals surface area contributed by atoms with Gasteiger partial charge in [-0.05, 0) is 97.8 Å². The molecule has 0 saturated heterocycles. The molecule has 2 heteroatoms. The number of carbonyl (C=O) groups is 1. The van der Waals surface area contributed by atoms with Crippen molar-refractivity contribution in [3.8, 4) is 0 Å². The number of hydrogen-bond acceptors (Lipinski definition) is 1. The van der Waals surface area contributed by atoms with E-state index in [9.17, 15) is 9.90 Å². The van der Waals surface area contributed by atoms with E-state index in [0.717, 1.165) is 24.2 Å². The summed E-state index contributed by atoms with van der Waals surface area (Å²) in [5, 5.41) is 9.46. The second-order valence-electron chi connectivity index (χ2n) is 8.48. The van der Waals surface area contributed by atoms with Gasteiger partial charge in [-0.2, -0.15) is 0 Å². The van der Waals surface area contributed by atoms with Crippen LogP contribution in [-0.4, -0.2) is 11.1 Å². The normalized spacial score (nSPS) is 34.7. The molecule has 124 valence electrons. The molecule has 4 bridgehead atoms. The Morgan fingerprint density at radius 3 is 2.26 bits per heavy atom. The van der Waals surface area contributed by atoms with Crippen LogP contribution in [0.15, 0.2) is 18.2 Å². The Hall–Kier alpha value is -1.31. The fourth-order valence-corrected chi connectivity index (χ4v) is 6.23. The molecule has 2 nitrogen and oxygen atoms in total. The minimum Gasteiger partial charge on any atom is -0.478 e. The highest BCUT2D eigenvalue weighted by Gasteiger charge is 2.52. The fourth-order valence-electron chi connectivity index (χ4n) is 6.23. The molecule has 4 fully saturated rings. The summed E-state index contributed by atoms with van der Waals surface area (Å²) in [4.78, 5) is 11.5. The number of carboxylic acid groups (broad SMARTS) is 1. The van der Waals surface area contributed by atoms with Crippen LogP contribution in [0.3, 0.4) is 0 Å². The van der Waals surface area contributed by atoms with Crippen LogP contribution in [-0.2, 0) is 11.8 Å². The molecule has 0 aromatic heterocycles. The summed E-state index contributed by atoms with van der Waals surface area (Å²) in [6, 6.07) is 5.98. The summed E-state index contributed by atoms with van der Waals surface area (Å²) in [5.41, 5.74) is 3.61. The molecule has 23 heavy (non-hydrogen) atoms. The first-order valence-electron chi connectivity index (χ1n) is 9.46. The maximum absolute atomic E-state index is 11.5. The van der Waals surface area contributed by atoms with E-state index in [-0.39, 0.29) is 0 Å². The Labute approximate surface area is 139 Å². The number of rotatable bonds is 5. The lowest BCUT2D eigenvalue weighted by molar-refractivity contribution is -0.00561. The minimum absolute atomic E-state index is 0.295. The van der Waals surface area contributed by atoms with E-state index in [0.29, 0.717) is 11.0 Å². The second-order valence-corrected chi connectivity index (χ2v) is 8.48. The molecule has 0 radical (unpaired) electrons. The van der Waals surface area contributed by atoms with Crippen LogP contribution in [0, 0.1) is 17.8 Å². The zero-order chi connectivity index (χ0) is 16.0. The van der Waals surface area contributed by atoms with Gasteiger partial charge in [0.1, 0.15) is 0 Å². The molecular weight excluding hydrogens is 284 g/mol. The van der Waals surface area contributed by atoms with E-state index >= 15 is 0 Å². The van der Waals surface area contributed by atoms with Crippen molar-refractivity contribution >= 4 is 5.97 Å². The van der Waals surface area contributed by atoms with Crippen molar-refractivity contribution in [2.75, 3.05) is 0 Å². The van der Waals surface area contributed by atoms with Gasteiger partial charge in [0.05, 0.1) is 5.56 Å². The summed E-state index contributed by atoms with van der Waals surface area (Å²) >= 11 is 0. The Morgan fingerprint density at radius 2 is 1.74 bits per heavy atom. The number of aromatic carboxylic acids is 1. The second kappa shape index (κ2) is 5.65. The molecule has 1 aromatic rings. The molecule has 4 saturated carbocycles. The van der Waals surface area contributed by atoms with Gasteiger partial charge in [-0.25, -0.2) is 4.79 Å². The van der Waals surface area contributed by atoms with Gasteiger partial charge in [0.15, 0.2) is 0 Å². The summed E-state index contributed by atoms with van der Waals surface area (Å²) in [6.07, 6.45) is 11.7. The van der Waals surface area contributed by atoms with Crippen molar-refractivity contribution < 1.29 is 9.90 Å². The fraction of sp³-hybridized carbons (Fsp3) is 0.667. The number of hydrogen-bond donors (Lipinski definition) is 1. The Kier molecular flexibility index (Phi) is 3.74. The molecule has 1 aromatic carbocycles. The first kappa shape index (κ1) is 15.2. The van der Waals surface area contributed by atoms with Crippen molar-refractivity contribution in [2.45, 2.75) is 70.1 Å². The first-order chi connectivity index (χ1) is 11.1. The third kappa shape index (κ3) is 2.60. The molecule has 5 rings (SSSR count). The van der Waals surface area contributed by atoms with Gasteiger partial charge in [0.2, 0.25) is 0 Å². The van der Waals surface area contributed by atoms with Crippen LogP contribution in [0.4, 0.5) is 0 Å². The Balaban J connectivity index is 1.76. The maximum atomic E-state index is 11.5. The topological polar surface area (TPSA) is 37.3 Å². The molecule has 0 heterocycles. The third-order valence-corrected chi connectivity index (χ3v) is 6.77. The van der Waals surface area contributed by atoms with Crippen LogP contribution >= 0.6 is 0 Å². The standard InChI is InChI=1S/C21H28O2/c1-2-3-4-17-5-6-18(20(22)23)10-19(17)21-11-14-7-15(12-21)9-16(8-14)13-21/h5-6,10,14-16H,2-4,7-9,11-13H2,1H3,(H,22,23). The van der Waals surface area contributed by atoms with Gasteiger partial charge >= 0.3 is 5.97 Å². The highest BCUT2D eigenvalue weighted by Crippen LogP contribution is 2.61. The van der Waals surface area contributed by atoms with Gasteiger partial charge in [0.25, 0.3) is 0 Å². The molecule has 0 unspecified atom stereocenters. The Bertz CT molecular complexity index is 581. The molecule has 1 N–H and O–H groups in total. The monoisotopic (exact) mass is 312 g/mol. The number of benzene rings is 1. The van der Waals surface area contributed by atoms with E-state index in [2.05, 4.69) is 13.0 Å². The van der Waals surface area contributed by atoms with Crippen molar-refractivity contribution in [3.05, 3.63) is 34.9 Å². The third-order valence-electron chi connectivity index (χ3n) is 6.77. The summed E-state index contributed by atoms with van der Waals surface area (Å²) < 4.78 is 0. The summed E-state index contributed by atoms with van der Waals surface area (Å²) in [6.45, 7) is 2.23. The minimum atomic E-state index is -0.780. The molecule has 0 amide bonds. The molecular formula is C21H28O2. The molecule has 0 atom stereocenters. The summed E-state index contributed by atoms with van der Waals surface area (Å²) in [7, 11) is 0. The maximum Gasteiger partial charge on any atom is 0.335 e. The van der Waals surface area contributed by atoms with Crippen LogP contribution in [0.25, 0.3) is 0 Å². The lowest BCUT2D eigenvalue weighted by Gasteiger charge is -2.57. The smallest absolute Gasteiger partial charge is 0.335 e. The zero-order valence-corrected chi connectivity index (χ0v) is 14.2. The lowest BCUT2D eigenvalue weighted by atomic mass is 9.47. The largest absolute Gasteiger partial charge is 0.478 e. The molecule has 0 spiro atoms. The van der Waals surface area contributed by atoms with E-state index in [1.165, 1.54) is 62.5 Å². The van der Waals surface area contributed by atoms with E-state index in [1.54, 1.807) is 0 Å². The van der Waals surface area contributed by atoms with E-state index < -0.39 is 5.97 Å². The van der Waals surface area contributed by atoms with Crippen molar-refractivity contribution in [2.24, 2.45) is 17.8 Å². The number of aryl methyl sites for hydroxylation is 1. The predicted molar refractivity (Wildman–Crippen MR) is 91.9 cm³/mol.